The molecule has 3 aromatic heterocycles. The number of nitrogen functional groups attached to an aromatic ring is 1. The molecule has 1 aromatic carbocycles. The van der Waals surface area contributed by atoms with Crippen molar-refractivity contribution in [3.05, 3.63) is 83.4 Å². The molecule has 0 aliphatic carbocycles. The fourth-order valence-corrected chi connectivity index (χ4v) is 4.32. The third kappa shape index (κ3) is 6.30. The molecule has 1 unspecified atom stereocenters. The number of nitrogens with one attached hydrogen (secondary N) is 1. The van der Waals surface area contributed by atoms with Crippen molar-refractivity contribution in [2.75, 3.05) is 25.6 Å². The van der Waals surface area contributed by atoms with Gasteiger partial charge in [0, 0.05) is 48.1 Å². The molecule has 1 atom stereocenters. The smallest absolute Gasteiger partial charge is 0.420 e. The summed E-state index contributed by atoms with van der Waals surface area (Å²) >= 11 is 0. The van der Waals surface area contributed by atoms with E-state index in [0.29, 0.717) is 35.8 Å². The second-order valence-corrected chi connectivity index (χ2v) is 9.27. The first-order valence-corrected chi connectivity index (χ1v) is 12.4. The van der Waals surface area contributed by atoms with Crippen LogP contribution in [0.5, 0.6) is 0 Å². The zero-order valence-electron chi connectivity index (χ0n) is 21.2. The number of alkyl halides is 3. The average Bonchev–Trinajstić information content (AvgIpc) is 3.38. The monoisotopic (exact) mass is 553 g/mol. The largest absolute Gasteiger partial charge is 0.459 e. The van der Waals surface area contributed by atoms with Crippen molar-refractivity contribution < 1.29 is 32.2 Å². The van der Waals surface area contributed by atoms with Gasteiger partial charge in [0.05, 0.1) is 17.8 Å². The van der Waals surface area contributed by atoms with Gasteiger partial charge in [0.25, 0.3) is 0 Å². The molecule has 1 saturated heterocycles. The van der Waals surface area contributed by atoms with Crippen molar-refractivity contribution >= 4 is 28.8 Å². The van der Waals surface area contributed by atoms with Crippen molar-refractivity contribution in [1.29, 1.82) is 0 Å². The van der Waals surface area contributed by atoms with E-state index in [1.54, 1.807) is 35.2 Å². The van der Waals surface area contributed by atoms with E-state index < -0.39 is 23.9 Å². The second kappa shape index (κ2) is 11.5. The molecule has 0 bridgehead atoms. The van der Waals surface area contributed by atoms with Gasteiger partial charge in [-0.15, -0.1) is 0 Å². The molecule has 5 rings (SSSR count). The number of nitrogens with zero attached hydrogens (tertiary/aromatic N) is 3. The molecule has 1 aliphatic heterocycles. The van der Waals surface area contributed by atoms with Crippen LogP contribution in [0.15, 0.2) is 65.4 Å². The highest BCUT2D eigenvalue weighted by Crippen LogP contribution is 2.39. The summed E-state index contributed by atoms with van der Waals surface area (Å²) in [5.41, 5.74) is 5.95. The van der Waals surface area contributed by atoms with E-state index in [0.717, 1.165) is 12.5 Å². The van der Waals surface area contributed by atoms with Crippen LogP contribution in [0.25, 0.3) is 28.3 Å². The quantitative estimate of drug-likeness (QED) is 0.286. The van der Waals surface area contributed by atoms with Crippen molar-refractivity contribution in [1.82, 2.24) is 20.2 Å². The summed E-state index contributed by atoms with van der Waals surface area (Å²) < 4.78 is 52.8. The maximum absolute atomic E-state index is 14.0. The van der Waals surface area contributed by atoms with Crippen LogP contribution in [-0.2, 0) is 22.3 Å². The number of ether oxygens (including phenoxy) is 1. The van der Waals surface area contributed by atoms with Gasteiger partial charge in [0.1, 0.15) is 30.1 Å². The van der Waals surface area contributed by atoms with Gasteiger partial charge in [0.2, 0.25) is 5.91 Å². The van der Waals surface area contributed by atoms with E-state index in [9.17, 15) is 23.1 Å². The Hall–Kier alpha value is -4.26. The number of amides is 1. The summed E-state index contributed by atoms with van der Waals surface area (Å²) in [5, 5.41) is 13.4. The predicted octanol–water partition coefficient (Wildman–Crippen LogP) is 4.49. The number of nitrogens with two attached hydrogens (primary N) is 1. The Kier molecular flexibility index (Phi) is 7.83. The van der Waals surface area contributed by atoms with Gasteiger partial charge in [-0.2, -0.15) is 13.2 Å². The molecule has 4 aromatic rings. The molecule has 9 nitrogen and oxygen atoms in total. The molecular weight excluding hydrogens is 527 g/mol. The van der Waals surface area contributed by atoms with Gasteiger partial charge >= 0.3 is 6.18 Å². The molecule has 12 heteroatoms. The molecule has 0 radical (unpaired) electrons. The van der Waals surface area contributed by atoms with Crippen molar-refractivity contribution in [2.24, 2.45) is 0 Å². The van der Waals surface area contributed by atoms with Crippen LogP contribution in [0.3, 0.4) is 0 Å². The first kappa shape index (κ1) is 27.3. The summed E-state index contributed by atoms with van der Waals surface area (Å²) in [6.45, 7) is 1.46. The van der Waals surface area contributed by atoms with Crippen LogP contribution in [0.4, 0.5) is 19.0 Å². The summed E-state index contributed by atoms with van der Waals surface area (Å²) in [7, 11) is 0. The fourth-order valence-electron chi connectivity index (χ4n) is 4.32. The number of aliphatic hydroxyl groups excluding tert-OH is 1. The van der Waals surface area contributed by atoms with Crippen LogP contribution >= 0.6 is 0 Å². The van der Waals surface area contributed by atoms with E-state index in [2.05, 4.69) is 15.3 Å². The third-order valence-electron chi connectivity index (χ3n) is 6.36. The van der Waals surface area contributed by atoms with Crippen LogP contribution in [0, 0.1) is 0 Å². The first-order valence-electron chi connectivity index (χ1n) is 12.4. The minimum absolute atomic E-state index is 0.116. The number of furan rings is 1. The molecule has 4 N–H and O–H groups in total. The van der Waals surface area contributed by atoms with Crippen molar-refractivity contribution in [3.63, 3.8) is 0 Å². The topological polar surface area (TPSA) is 127 Å². The molecule has 208 valence electrons. The first-order chi connectivity index (χ1) is 19.2. The van der Waals surface area contributed by atoms with Crippen molar-refractivity contribution in [2.45, 2.75) is 25.4 Å². The molecule has 4 heterocycles. The number of hydrogen-bond donors (Lipinski definition) is 3. The Bertz CT molecular complexity index is 1510. The zero-order valence-corrected chi connectivity index (χ0v) is 21.2. The maximum atomic E-state index is 14.0. The molecule has 1 amide bonds. The van der Waals surface area contributed by atoms with Gasteiger partial charge in [-0.05, 0) is 54.5 Å². The van der Waals surface area contributed by atoms with Crippen LogP contribution in [0.2, 0.25) is 0 Å². The normalized spacial score (nSPS) is 15.5. The Morgan fingerprint density at radius 2 is 2.02 bits per heavy atom. The van der Waals surface area contributed by atoms with E-state index in [4.69, 9.17) is 14.9 Å². The number of aliphatic hydroxyl groups is 1. The Labute approximate surface area is 227 Å². The predicted molar refractivity (Wildman–Crippen MR) is 141 cm³/mol. The third-order valence-corrected chi connectivity index (χ3v) is 6.36. The number of benzene rings is 1. The molecular formula is C28H26F3N5O4. The number of hydrogen-bond acceptors (Lipinski definition) is 8. The number of rotatable bonds is 7. The van der Waals surface area contributed by atoms with Crippen molar-refractivity contribution in [3.8, 4) is 11.3 Å². The lowest BCUT2D eigenvalue weighted by Crippen LogP contribution is -2.36. The minimum Gasteiger partial charge on any atom is -0.459 e. The average molecular weight is 554 g/mol. The SMILES string of the molecule is Nc1ccc(/C=C/C(=O)NCc2cc3cc(-c4ccc(C(O)N5CCCOC5)cn4)cc(C(F)(F)F)c3o2)cn1. The number of aromatic nitrogens is 2. The number of carbonyl (C=O) groups is 1. The van der Waals surface area contributed by atoms with Gasteiger partial charge in [-0.3, -0.25) is 14.7 Å². The summed E-state index contributed by atoms with van der Waals surface area (Å²) in [4.78, 5) is 22.2. The van der Waals surface area contributed by atoms with Gasteiger partial charge in [-0.1, -0.05) is 6.07 Å². The number of pyridine rings is 2. The van der Waals surface area contributed by atoms with E-state index in [-0.39, 0.29) is 35.6 Å². The number of fused-ring (bicyclic) bond motifs is 1. The van der Waals surface area contributed by atoms with Crippen LogP contribution in [-0.4, -0.2) is 45.8 Å². The lowest BCUT2D eigenvalue weighted by molar-refractivity contribution is -0.136. The Morgan fingerprint density at radius 3 is 2.70 bits per heavy atom. The summed E-state index contributed by atoms with van der Waals surface area (Å²) in [5.74, 6) is 0.0446. The molecule has 0 saturated carbocycles. The number of carbonyl (C=O) groups excluding carboxylic acids is 1. The van der Waals surface area contributed by atoms with E-state index in [1.165, 1.54) is 30.6 Å². The van der Waals surface area contributed by atoms with Crippen LogP contribution in [0.1, 0.15) is 35.1 Å². The van der Waals surface area contributed by atoms with Gasteiger partial charge < -0.3 is 25.3 Å². The number of anilines is 1. The summed E-state index contributed by atoms with van der Waals surface area (Å²) in [6, 6.07) is 10.5. The highest BCUT2D eigenvalue weighted by Gasteiger charge is 2.35. The standard InChI is InChI=1S/C28H26F3N5O4/c29-28(30,31)22-12-19(23-5-4-18(14-33-23)27(38)36-8-1-9-39-16-36)10-20-11-21(40-26(20)22)15-35-25(37)7-3-17-2-6-24(32)34-13-17/h2-7,10-14,27,38H,1,8-9,15-16H2,(H2,32,34)(H,35,37)/b7-3+. The van der Waals surface area contributed by atoms with E-state index >= 15 is 0 Å². The molecule has 0 spiro atoms. The number of halogens is 3. The maximum Gasteiger partial charge on any atom is 0.420 e. The second-order valence-electron chi connectivity index (χ2n) is 9.27. The molecule has 1 fully saturated rings. The summed E-state index contributed by atoms with van der Waals surface area (Å²) in [6.07, 6.45) is 0.925. The lowest BCUT2D eigenvalue weighted by Gasteiger charge is -2.30. The minimum atomic E-state index is -4.69. The fraction of sp³-hybridized carbons (Fsp3) is 0.250. The van der Waals surface area contributed by atoms with Crippen LogP contribution < -0.4 is 11.1 Å². The highest BCUT2D eigenvalue weighted by atomic mass is 19.4. The van der Waals surface area contributed by atoms with Gasteiger partial charge in [-0.25, -0.2) is 4.98 Å². The molecule has 1 aliphatic rings. The lowest BCUT2D eigenvalue weighted by atomic mass is 10.0. The Morgan fingerprint density at radius 1 is 1.18 bits per heavy atom. The van der Waals surface area contributed by atoms with E-state index in [1.807, 2.05) is 0 Å². The zero-order chi connectivity index (χ0) is 28.3. The highest BCUT2D eigenvalue weighted by molar-refractivity contribution is 5.92. The Balaban J connectivity index is 1.34. The molecule has 40 heavy (non-hydrogen) atoms. The van der Waals surface area contributed by atoms with Gasteiger partial charge in [0.15, 0.2) is 0 Å².